The number of amides is 2. The highest BCUT2D eigenvalue weighted by atomic mass is 79.9. The Morgan fingerprint density at radius 3 is 1.50 bits per heavy atom. The number of carbonyl (C=O) groups is 2. The lowest BCUT2D eigenvalue weighted by atomic mass is 10.1. The minimum absolute atomic E-state index is 0.340. The molecule has 0 aliphatic rings. The molecule has 3 rings (SSSR count). The van der Waals surface area contributed by atoms with E-state index in [0.717, 1.165) is 0 Å². The van der Waals surface area contributed by atoms with Gasteiger partial charge >= 0.3 is 0 Å². The topological polar surface area (TPSA) is 84.0 Å². The lowest BCUT2D eigenvalue weighted by Gasteiger charge is -2.11. The van der Waals surface area contributed by atoms with E-state index >= 15 is 0 Å². The quantitative estimate of drug-likeness (QED) is 0.581. The van der Waals surface area contributed by atoms with Crippen LogP contribution in [0.25, 0.3) is 0 Å². The maximum absolute atomic E-state index is 12.4. The first kappa shape index (κ1) is 18.2. The summed E-state index contributed by atoms with van der Waals surface area (Å²) in [5.41, 5.74) is 0.744. The van der Waals surface area contributed by atoms with Gasteiger partial charge in [0.25, 0.3) is 11.8 Å². The van der Waals surface area contributed by atoms with Crippen LogP contribution in [0, 0.1) is 0 Å². The van der Waals surface area contributed by atoms with Crippen molar-refractivity contribution in [3.05, 3.63) is 81.0 Å². The predicted octanol–water partition coefficient (Wildman–Crippen LogP) is 4.51. The minimum Gasteiger partial charge on any atom is -0.307 e. The monoisotopic (exact) mass is 474 g/mol. The van der Waals surface area contributed by atoms with Gasteiger partial charge in [-0.25, -0.2) is 9.97 Å². The maximum Gasteiger partial charge on any atom is 0.258 e. The third kappa shape index (κ3) is 4.33. The summed E-state index contributed by atoms with van der Waals surface area (Å²) in [7, 11) is 0. The number of nitrogens with one attached hydrogen (secondary N) is 2. The molecule has 2 heterocycles. The van der Waals surface area contributed by atoms with Gasteiger partial charge in [0.15, 0.2) is 0 Å². The lowest BCUT2D eigenvalue weighted by molar-refractivity contribution is 0.101. The van der Waals surface area contributed by atoms with Gasteiger partial charge in [-0.2, -0.15) is 0 Å². The fourth-order valence-corrected chi connectivity index (χ4v) is 3.18. The number of carbonyl (C=O) groups excluding carboxylic acids is 2. The summed E-state index contributed by atoms with van der Waals surface area (Å²) in [5.74, 6) is 0.205. The van der Waals surface area contributed by atoms with Crippen LogP contribution < -0.4 is 10.6 Å². The maximum atomic E-state index is 12.4. The standard InChI is InChI=1S/C18H12Br2N4O2/c19-13-10-12(18(26)24-16-6-2-4-8-22-16)14(20)9-11(13)17(25)23-15-5-1-3-7-21-15/h1-10H,(H,21,23,25)(H,22,24,26). The minimum atomic E-state index is -0.340. The molecular formula is C18H12Br2N4O2. The molecule has 2 amide bonds. The Balaban J connectivity index is 1.81. The summed E-state index contributed by atoms with van der Waals surface area (Å²) in [6.07, 6.45) is 3.18. The second-order valence-electron chi connectivity index (χ2n) is 5.15. The summed E-state index contributed by atoms with van der Waals surface area (Å²) >= 11 is 6.70. The van der Waals surface area contributed by atoms with Crippen molar-refractivity contribution < 1.29 is 9.59 Å². The van der Waals surface area contributed by atoms with Crippen molar-refractivity contribution in [2.45, 2.75) is 0 Å². The molecule has 3 aromatic rings. The Morgan fingerprint density at radius 2 is 1.15 bits per heavy atom. The Bertz CT molecular complexity index is 871. The van der Waals surface area contributed by atoms with Gasteiger partial charge < -0.3 is 10.6 Å². The highest BCUT2D eigenvalue weighted by molar-refractivity contribution is 9.11. The van der Waals surface area contributed by atoms with Gasteiger partial charge in [0.1, 0.15) is 11.6 Å². The zero-order valence-corrected chi connectivity index (χ0v) is 16.4. The van der Waals surface area contributed by atoms with Crippen LogP contribution in [-0.4, -0.2) is 21.8 Å². The number of halogens is 2. The van der Waals surface area contributed by atoms with E-state index in [0.29, 0.717) is 31.7 Å². The van der Waals surface area contributed by atoms with Gasteiger partial charge in [-0.1, -0.05) is 12.1 Å². The largest absolute Gasteiger partial charge is 0.307 e. The van der Waals surface area contributed by atoms with Crippen molar-refractivity contribution in [1.82, 2.24) is 9.97 Å². The van der Waals surface area contributed by atoms with E-state index < -0.39 is 0 Å². The van der Waals surface area contributed by atoms with E-state index in [4.69, 9.17) is 0 Å². The number of pyridine rings is 2. The van der Waals surface area contributed by atoms with Crippen molar-refractivity contribution in [1.29, 1.82) is 0 Å². The second-order valence-corrected chi connectivity index (χ2v) is 6.86. The Labute approximate surface area is 166 Å². The molecule has 2 aromatic heterocycles. The molecule has 1 aromatic carbocycles. The van der Waals surface area contributed by atoms with Crippen LogP contribution in [0.1, 0.15) is 20.7 Å². The molecule has 0 bridgehead atoms. The summed E-state index contributed by atoms with van der Waals surface area (Å²) in [6, 6.07) is 13.6. The number of benzene rings is 1. The number of nitrogens with zero attached hydrogens (tertiary/aromatic N) is 2. The van der Waals surface area contributed by atoms with E-state index in [9.17, 15) is 9.59 Å². The average Bonchev–Trinajstić information content (AvgIpc) is 2.64. The van der Waals surface area contributed by atoms with Crippen LogP contribution in [0.3, 0.4) is 0 Å². The Hall–Kier alpha value is -2.58. The fourth-order valence-electron chi connectivity index (χ4n) is 2.14. The van der Waals surface area contributed by atoms with E-state index in [-0.39, 0.29) is 11.8 Å². The highest BCUT2D eigenvalue weighted by Crippen LogP contribution is 2.27. The van der Waals surface area contributed by atoms with Crippen LogP contribution in [0.2, 0.25) is 0 Å². The van der Waals surface area contributed by atoms with Crippen LogP contribution in [-0.2, 0) is 0 Å². The first-order valence-electron chi connectivity index (χ1n) is 7.48. The molecule has 130 valence electrons. The molecule has 0 spiro atoms. The van der Waals surface area contributed by atoms with Gasteiger partial charge in [-0.05, 0) is 68.3 Å². The molecule has 0 atom stereocenters. The molecule has 0 aliphatic carbocycles. The average molecular weight is 476 g/mol. The smallest absolute Gasteiger partial charge is 0.258 e. The van der Waals surface area contributed by atoms with Crippen molar-refractivity contribution in [2.24, 2.45) is 0 Å². The van der Waals surface area contributed by atoms with Crippen molar-refractivity contribution in [3.8, 4) is 0 Å². The molecule has 2 N–H and O–H groups in total. The summed E-state index contributed by atoms with van der Waals surface area (Å²) < 4.78 is 0.973. The van der Waals surface area contributed by atoms with E-state index in [1.807, 2.05) is 0 Å². The predicted molar refractivity (Wildman–Crippen MR) is 106 cm³/mol. The molecule has 8 heteroatoms. The molecule has 0 aliphatic heterocycles. The first-order valence-corrected chi connectivity index (χ1v) is 9.07. The zero-order chi connectivity index (χ0) is 18.5. The second kappa shape index (κ2) is 8.20. The molecular weight excluding hydrogens is 464 g/mol. The molecule has 0 fully saturated rings. The molecule has 0 saturated carbocycles. The first-order chi connectivity index (χ1) is 12.5. The van der Waals surface area contributed by atoms with Gasteiger partial charge in [-0.15, -0.1) is 0 Å². The summed E-state index contributed by atoms with van der Waals surface area (Å²) in [4.78, 5) is 33.0. The summed E-state index contributed by atoms with van der Waals surface area (Å²) in [5, 5.41) is 5.41. The van der Waals surface area contributed by atoms with Gasteiger partial charge in [0.05, 0.1) is 11.1 Å². The van der Waals surface area contributed by atoms with Crippen LogP contribution >= 0.6 is 31.9 Å². The molecule has 0 saturated heterocycles. The van der Waals surface area contributed by atoms with Crippen LogP contribution in [0.5, 0.6) is 0 Å². The number of hydrogen-bond acceptors (Lipinski definition) is 4. The van der Waals surface area contributed by atoms with Crippen LogP contribution in [0.4, 0.5) is 11.6 Å². The van der Waals surface area contributed by atoms with E-state index in [2.05, 4.69) is 52.5 Å². The van der Waals surface area contributed by atoms with E-state index in [1.165, 1.54) is 0 Å². The fraction of sp³-hybridized carbons (Fsp3) is 0. The lowest BCUT2D eigenvalue weighted by Crippen LogP contribution is -2.16. The van der Waals surface area contributed by atoms with Crippen molar-refractivity contribution in [3.63, 3.8) is 0 Å². The van der Waals surface area contributed by atoms with Crippen molar-refractivity contribution >= 4 is 55.3 Å². The molecule has 0 unspecified atom stereocenters. The number of hydrogen-bond donors (Lipinski definition) is 2. The van der Waals surface area contributed by atoms with Crippen LogP contribution in [0.15, 0.2) is 69.9 Å². The van der Waals surface area contributed by atoms with Crippen molar-refractivity contribution in [2.75, 3.05) is 10.6 Å². The third-order valence-corrected chi connectivity index (χ3v) is 4.67. The Kier molecular flexibility index (Phi) is 5.75. The number of anilines is 2. The highest BCUT2D eigenvalue weighted by Gasteiger charge is 2.18. The SMILES string of the molecule is O=C(Nc1ccccn1)c1cc(Br)c(C(=O)Nc2ccccn2)cc1Br. The molecule has 0 radical (unpaired) electrons. The van der Waals surface area contributed by atoms with Gasteiger partial charge in [-0.3, -0.25) is 9.59 Å². The molecule has 26 heavy (non-hydrogen) atoms. The van der Waals surface area contributed by atoms with Gasteiger partial charge in [0, 0.05) is 21.3 Å². The normalized spacial score (nSPS) is 10.2. The number of aromatic nitrogens is 2. The zero-order valence-electron chi connectivity index (χ0n) is 13.2. The summed E-state index contributed by atoms with van der Waals surface area (Å²) in [6.45, 7) is 0. The number of rotatable bonds is 4. The van der Waals surface area contributed by atoms with E-state index in [1.54, 1.807) is 60.9 Å². The third-order valence-electron chi connectivity index (χ3n) is 3.36. The van der Waals surface area contributed by atoms with Gasteiger partial charge in [0.2, 0.25) is 0 Å². The Morgan fingerprint density at radius 1 is 0.731 bits per heavy atom. The molecule has 6 nitrogen and oxygen atoms in total.